The van der Waals surface area contributed by atoms with Crippen LogP contribution in [-0.4, -0.2) is 74.5 Å². The van der Waals surface area contributed by atoms with Gasteiger partial charge in [0.1, 0.15) is 12.6 Å². The van der Waals surface area contributed by atoms with Gasteiger partial charge in [0, 0.05) is 24.3 Å². The van der Waals surface area contributed by atoms with E-state index < -0.39 is 48.7 Å². The van der Waals surface area contributed by atoms with Crippen molar-refractivity contribution in [2.24, 2.45) is 0 Å². The molecule has 1 aliphatic rings. The van der Waals surface area contributed by atoms with Crippen LogP contribution in [0.25, 0.3) is 0 Å². The van der Waals surface area contributed by atoms with Crippen LogP contribution in [-0.2, 0) is 14.3 Å². The van der Waals surface area contributed by atoms with Gasteiger partial charge in [-0.25, -0.2) is 17.6 Å². The molecule has 202 valence electrons. The lowest BCUT2D eigenvalue weighted by Crippen LogP contribution is -2.52. The molecule has 1 saturated heterocycles. The van der Waals surface area contributed by atoms with Crippen LogP contribution in [0.4, 0.5) is 28.9 Å². The van der Waals surface area contributed by atoms with E-state index in [1.165, 1.54) is 34.1 Å². The number of ether oxygens (including phenoxy) is 1. The second kappa shape index (κ2) is 13.2. The molecule has 2 heterocycles. The third kappa shape index (κ3) is 7.63. The highest BCUT2D eigenvalue weighted by Crippen LogP contribution is 2.33. The number of morpholine rings is 1. The maximum atomic E-state index is 13.9. The molecule has 2 N–H and O–H groups in total. The van der Waals surface area contributed by atoms with Crippen LogP contribution < -0.4 is 15.5 Å². The molecular formula is C23H25ClF4N4O4S. The summed E-state index contributed by atoms with van der Waals surface area (Å²) in [6, 6.07) is 5.44. The Balaban J connectivity index is 1.81. The summed E-state index contributed by atoms with van der Waals surface area (Å²) in [5, 5.41) is 5.02. The SMILES string of the molecule is CCN(CC(F)F)[C@@H](CNC(=O)c1ccc(Cl)s1)C(=O)Nc1ccc(N2CCOCC2=O)c(C(F)F)c1. The summed E-state index contributed by atoms with van der Waals surface area (Å²) < 4.78 is 59.5. The van der Waals surface area contributed by atoms with Crippen molar-refractivity contribution in [1.29, 1.82) is 0 Å². The number of nitrogens with zero attached hydrogens (tertiary/aromatic N) is 2. The molecule has 0 saturated carbocycles. The Morgan fingerprint density at radius 1 is 1.22 bits per heavy atom. The van der Waals surface area contributed by atoms with Crippen LogP contribution in [0.1, 0.15) is 28.6 Å². The van der Waals surface area contributed by atoms with Gasteiger partial charge in [0.15, 0.2) is 0 Å². The highest BCUT2D eigenvalue weighted by Gasteiger charge is 2.30. The van der Waals surface area contributed by atoms with Gasteiger partial charge in [-0.1, -0.05) is 18.5 Å². The van der Waals surface area contributed by atoms with Gasteiger partial charge in [0.05, 0.1) is 28.1 Å². The van der Waals surface area contributed by atoms with Crippen LogP contribution in [0.2, 0.25) is 4.34 Å². The number of hydrogen-bond acceptors (Lipinski definition) is 6. The zero-order chi connectivity index (χ0) is 27.1. The number of hydrogen-bond donors (Lipinski definition) is 2. The Labute approximate surface area is 219 Å². The Morgan fingerprint density at radius 2 is 1.97 bits per heavy atom. The number of alkyl halides is 4. The molecule has 37 heavy (non-hydrogen) atoms. The summed E-state index contributed by atoms with van der Waals surface area (Å²) in [5.41, 5.74) is -0.501. The average molecular weight is 565 g/mol. The minimum atomic E-state index is -2.96. The van der Waals surface area contributed by atoms with Gasteiger partial charge in [0.2, 0.25) is 5.91 Å². The van der Waals surface area contributed by atoms with E-state index in [9.17, 15) is 31.9 Å². The molecule has 0 spiro atoms. The molecule has 0 radical (unpaired) electrons. The number of amides is 3. The quantitative estimate of drug-likeness (QED) is 0.402. The summed E-state index contributed by atoms with van der Waals surface area (Å²) in [7, 11) is 0. The Bertz CT molecular complexity index is 1120. The van der Waals surface area contributed by atoms with Gasteiger partial charge >= 0.3 is 0 Å². The van der Waals surface area contributed by atoms with Crippen LogP contribution in [0, 0.1) is 0 Å². The lowest BCUT2D eigenvalue weighted by molar-refractivity contribution is -0.125. The molecule has 1 aromatic carbocycles. The van der Waals surface area contributed by atoms with Crippen molar-refractivity contribution in [1.82, 2.24) is 10.2 Å². The van der Waals surface area contributed by atoms with Crippen molar-refractivity contribution in [3.63, 3.8) is 0 Å². The van der Waals surface area contributed by atoms with Gasteiger partial charge in [-0.2, -0.15) is 0 Å². The molecule has 0 bridgehead atoms. The van der Waals surface area contributed by atoms with Crippen molar-refractivity contribution in [2.75, 3.05) is 49.6 Å². The standard InChI is InChI=1S/C23H25ClF4N4O4S/c1-2-31(11-19(25)26)16(10-29-23(35)17-5-6-18(24)37-17)22(34)30-13-3-4-15(14(9-13)21(27)28)32-7-8-36-12-20(32)33/h3-6,9,16,19,21H,2,7-8,10-12H2,1H3,(H,29,35)(H,30,34)/t16-/m0/s1. The van der Waals surface area contributed by atoms with E-state index in [2.05, 4.69) is 10.6 Å². The predicted molar refractivity (Wildman–Crippen MR) is 132 cm³/mol. The molecule has 1 aromatic heterocycles. The lowest BCUT2D eigenvalue weighted by Gasteiger charge is -2.30. The summed E-state index contributed by atoms with van der Waals surface area (Å²) in [4.78, 5) is 40.3. The van der Waals surface area contributed by atoms with E-state index in [1.807, 2.05) is 0 Å². The number of rotatable bonds is 11. The van der Waals surface area contributed by atoms with E-state index >= 15 is 0 Å². The second-order valence-corrected chi connectivity index (χ2v) is 9.68. The largest absolute Gasteiger partial charge is 0.370 e. The van der Waals surface area contributed by atoms with Crippen molar-refractivity contribution >= 4 is 52.0 Å². The van der Waals surface area contributed by atoms with Gasteiger partial charge in [-0.3, -0.25) is 19.3 Å². The number of carbonyl (C=O) groups excluding carboxylic acids is 3. The highest BCUT2D eigenvalue weighted by atomic mass is 35.5. The van der Waals surface area contributed by atoms with Crippen molar-refractivity contribution < 1.29 is 36.7 Å². The first-order valence-electron chi connectivity index (χ1n) is 11.3. The van der Waals surface area contributed by atoms with E-state index in [0.29, 0.717) is 4.34 Å². The fraction of sp³-hybridized carbons (Fsp3) is 0.435. The topological polar surface area (TPSA) is 91.0 Å². The zero-order valence-electron chi connectivity index (χ0n) is 19.7. The molecule has 8 nitrogen and oxygen atoms in total. The molecule has 3 amide bonds. The fourth-order valence-electron chi connectivity index (χ4n) is 3.81. The Hall–Kier alpha value is -2.74. The number of halogens is 5. The second-order valence-electron chi connectivity index (χ2n) is 7.97. The maximum Gasteiger partial charge on any atom is 0.265 e. The lowest BCUT2D eigenvalue weighted by atomic mass is 10.1. The smallest absolute Gasteiger partial charge is 0.265 e. The normalized spacial score (nSPS) is 14.9. The van der Waals surface area contributed by atoms with Gasteiger partial charge < -0.3 is 20.3 Å². The third-order valence-electron chi connectivity index (χ3n) is 5.58. The summed E-state index contributed by atoms with van der Waals surface area (Å²) in [5.74, 6) is -1.79. The first-order valence-corrected chi connectivity index (χ1v) is 12.5. The predicted octanol–water partition coefficient (Wildman–Crippen LogP) is 4.03. The number of carbonyl (C=O) groups is 3. The van der Waals surface area contributed by atoms with Crippen LogP contribution in [0.3, 0.4) is 0 Å². The first-order chi connectivity index (χ1) is 17.6. The molecule has 2 aromatic rings. The van der Waals surface area contributed by atoms with Crippen molar-refractivity contribution in [3.8, 4) is 0 Å². The minimum absolute atomic E-state index is 0.00685. The number of nitrogens with one attached hydrogen (secondary N) is 2. The Morgan fingerprint density at radius 3 is 2.57 bits per heavy atom. The fourth-order valence-corrected chi connectivity index (χ4v) is 4.77. The number of likely N-dealkylation sites (N-methyl/N-ethyl adjacent to an activating group) is 1. The molecule has 14 heteroatoms. The van der Waals surface area contributed by atoms with Crippen LogP contribution in [0.5, 0.6) is 0 Å². The molecule has 0 aliphatic carbocycles. The monoisotopic (exact) mass is 564 g/mol. The average Bonchev–Trinajstić information content (AvgIpc) is 3.29. The highest BCUT2D eigenvalue weighted by molar-refractivity contribution is 7.18. The van der Waals surface area contributed by atoms with E-state index in [0.717, 1.165) is 17.4 Å². The van der Waals surface area contributed by atoms with Crippen molar-refractivity contribution in [3.05, 3.63) is 45.1 Å². The number of benzene rings is 1. The van der Waals surface area contributed by atoms with E-state index in [-0.39, 0.29) is 49.1 Å². The molecular weight excluding hydrogens is 540 g/mol. The summed E-state index contributed by atoms with van der Waals surface area (Å²) in [6.45, 7) is 0.632. The summed E-state index contributed by atoms with van der Waals surface area (Å²) >= 11 is 6.86. The summed E-state index contributed by atoms with van der Waals surface area (Å²) in [6.07, 6.45) is -5.71. The molecule has 1 atom stereocenters. The molecule has 0 unspecified atom stereocenters. The first kappa shape index (κ1) is 28.8. The number of thiophene rings is 1. The zero-order valence-corrected chi connectivity index (χ0v) is 21.3. The van der Waals surface area contributed by atoms with Crippen LogP contribution >= 0.6 is 22.9 Å². The van der Waals surface area contributed by atoms with Gasteiger partial charge in [-0.05, 0) is 36.9 Å². The van der Waals surface area contributed by atoms with Crippen LogP contribution in [0.15, 0.2) is 30.3 Å². The molecule has 3 rings (SSSR count). The van der Waals surface area contributed by atoms with Gasteiger partial charge in [-0.15, -0.1) is 11.3 Å². The number of anilines is 2. The maximum absolute atomic E-state index is 13.9. The van der Waals surface area contributed by atoms with Crippen molar-refractivity contribution in [2.45, 2.75) is 25.8 Å². The Kier molecular flexibility index (Phi) is 10.3. The van der Waals surface area contributed by atoms with E-state index in [1.54, 1.807) is 6.92 Å². The van der Waals surface area contributed by atoms with E-state index in [4.69, 9.17) is 16.3 Å². The minimum Gasteiger partial charge on any atom is -0.370 e. The molecule has 1 aliphatic heterocycles. The van der Waals surface area contributed by atoms with Gasteiger partial charge in [0.25, 0.3) is 24.7 Å². The third-order valence-corrected chi connectivity index (χ3v) is 6.81. The molecule has 1 fully saturated rings.